The Balaban J connectivity index is 2.85. The van der Waals surface area contributed by atoms with Gasteiger partial charge in [-0.05, 0) is 44.9 Å². The van der Waals surface area contributed by atoms with Crippen molar-refractivity contribution in [1.82, 2.24) is 0 Å². The molecule has 0 aliphatic heterocycles. The van der Waals surface area contributed by atoms with Crippen LogP contribution in [0.2, 0.25) is 0 Å². The maximum atomic E-state index is 12.0. The van der Waals surface area contributed by atoms with Crippen LogP contribution in [0.3, 0.4) is 0 Å². The Morgan fingerprint density at radius 1 is 1.32 bits per heavy atom. The molecule has 0 amide bonds. The molecule has 6 nitrogen and oxygen atoms in total. The zero-order valence-electron chi connectivity index (χ0n) is 12.9. The molecular weight excluding hydrogens is 284 g/mol. The van der Waals surface area contributed by atoms with Crippen molar-refractivity contribution >= 4 is 11.9 Å². The molecule has 0 radical (unpaired) electrons. The minimum atomic E-state index is -1.44. The first-order valence-electron chi connectivity index (χ1n) is 6.84. The normalized spacial score (nSPS) is 13.8. The molecular formula is C16H20N2O4. The maximum Gasteiger partial charge on any atom is 0.322 e. The molecule has 3 N–H and O–H groups in total. The number of benzene rings is 1. The van der Waals surface area contributed by atoms with Crippen LogP contribution in [0.15, 0.2) is 24.3 Å². The Bertz CT molecular complexity index is 582. The average molecular weight is 304 g/mol. The average Bonchev–Trinajstić information content (AvgIpc) is 2.36. The molecule has 1 aromatic carbocycles. The fourth-order valence-corrected chi connectivity index (χ4v) is 1.93. The van der Waals surface area contributed by atoms with Crippen LogP contribution < -0.4 is 5.73 Å². The fraction of sp³-hybridized carbons (Fsp3) is 0.438. The van der Waals surface area contributed by atoms with Gasteiger partial charge in [-0.25, -0.2) is 0 Å². The van der Waals surface area contributed by atoms with Crippen molar-refractivity contribution in [3.63, 3.8) is 0 Å². The van der Waals surface area contributed by atoms with E-state index < -0.39 is 29.5 Å². The van der Waals surface area contributed by atoms with Gasteiger partial charge in [0.15, 0.2) is 5.92 Å². The standard InChI is InChI=1S/C16H20N2O4/c1-16(2,3)22-15(21)13(14(19)20)12(18)8-10-4-6-11(9-17)7-5-10/h4-7,12-13H,8,18H2,1-3H3,(H,19,20)/t12?,13-/m0/s1. The van der Waals surface area contributed by atoms with Gasteiger partial charge in [-0.15, -0.1) is 0 Å². The zero-order chi connectivity index (χ0) is 16.9. The van der Waals surface area contributed by atoms with Crippen molar-refractivity contribution in [3.8, 4) is 6.07 Å². The molecule has 0 saturated carbocycles. The summed E-state index contributed by atoms with van der Waals surface area (Å²) in [5.74, 6) is -3.59. The smallest absolute Gasteiger partial charge is 0.322 e. The van der Waals surface area contributed by atoms with Crippen LogP contribution in [0.25, 0.3) is 0 Å². The minimum Gasteiger partial charge on any atom is -0.481 e. The lowest BCUT2D eigenvalue weighted by atomic mass is 9.93. The predicted molar refractivity (Wildman–Crippen MR) is 79.8 cm³/mol. The summed E-state index contributed by atoms with van der Waals surface area (Å²) < 4.78 is 5.11. The second-order valence-corrected chi connectivity index (χ2v) is 6.03. The minimum absolute atomic E-state index is 0.196. The molecule has 0 bridgehead atoms. The van der Waals surface area contributed by atoms with Gasteiger partial charge in [0.2, 0.25) is 0 Å². The number of carboxylic acid groups (broad SMARTS) is 1. The summed E-state index contributed by atoms with van der Waals surface area (Å²) in [6, 6.07) is 7.68. The summed E-state index contributed by atoms with van der Waals surface area (Å²) in [6.45, 7) is 4.99. The highest BCUT2D eigenvalue weighted by atomic mass is 16.6. The largest absolute Gasteiger partial charge is 0.481 e. The van der Waals surface area contributed by atoms with Crippen LogP contribution in [0.1, 0.15) is 31.9 Å². The third-order valence-electron chi connectivity index (χ3n) is 2.91. The monoisotopic (exact) mass is 304 g/mol. The van der Waals surface area contributed by atoms with E-state index in [1.165, 1.54) is 0 Å². The van der Waals surface area contributed by atoms with E-state index in [2.05, 4.69) is 0 Å². The van der Waals surface area contributed by atoms with Crippen LogP contribution in [0.4, 0.5) is 0 Å². The van der Waals surface area contributed by atoms with E-state index in [1.54, 1.807) is 45.0 Å². The van der Waals surface area contributed by atoms with Crippen molar-refractivity contribution in [2.75, 3.05) is 0 Å². The number of carbonyl (C=O) groups excluding carboxylic acids is 1. The molecule has 1 rings (SSSR count). The third-order valence-corrected chi connectivity index (χ3v) is 2.91. The first kappa shape index (κ1) is 17.7. The van der Waals surface area contributed by atoms with E-state index in [4.69, 9.17) is 15.7 Å². The van der Waals surface area contributed by atoms with Gasteiger partial charge >= 0.3 is 11.9 Å². The molecule has 6 heteroatoms. The van der Waals surface area contributed by atoms with Gasteiger partial charge in [0.05, 0.1) is 11.6 Å². The van der Waals surface area contributed by atoms with E-state index in [9.17, 15) is 14.7 Å². The number of carbonyl (C=O) groups is 2. The highest BCUT2D eigenvalue weighted by Gasteiger charge is 2.36. The van der Waals surface area contributed by atoms with Gasteiger partial charge in [-0.2, -0.15) is 5.26 Å². The van der Waals surface area contributed by atoms with Gasteiger partial charge in [-0.1, -0.05) is 12.1 Å². The number of hydrogen-bond acceptors (Lipinski definition) is 5. The van der Waals surface area contributed by atoms with Crippen molar-refractivity contribution in [2.24, 2.45) is 11.7 Å². The predicted octanol–water partition coefficient (Wildman–Crippen LogP) is 1.47. The van der Waals surface area contributed by atoms with Gasteiger partial charge in [-0.3, -0.25) is 9.59 Å². The number of aliphatic carboxylic acids is 1. The molecule has 0 aliphatic rings. The highest BCUT2D eigenvalue weighted by Crippen LogP contribution is 2.16. The Hall–Kier alpha value is -2.39. The topological polar surface area (TPSA) is 113 Å². The second kappa shape index (κ2) is 7.05. The molecule has 118 valence electrons. The van der Waals surface area contributed by atoms with Crippen LogP contribution in [-0.4, -0.2) is 28.7 Å². The number of nitrogens with two attached hydrogens (primary N) is 1. The Morgan fingerprint density at radius 3 is 2.27 bits per heavy atom. The SMILES string of the molecule is CC(C)(C)OC(=O)[C@H](C(=O)O)C(N)Cc1ccc(C#N)cc1. The van der Waals surface area contributed by atoms with Crippen molar-refractivity contribution in [3.05, 3.63) is 35.4 Å². The van der Waals surface area contributed by atoms with E-state index in [1.807, 2.05) is 6.07 Å². The number of rotatable bonds is 5. The summed E-state index contributed by atoms with van der Waals surface area (Å²) in [7, 11) is 0. The highest BCUT2D eigenvalue weighted by molar-refractivity contribution is 5.95. The third kappa shape index (κ3) is 5.19. The quantitative estimate of drug-likeness (QED) is 0.629. The van der Waals surface area contributed by atoms with Crippen LogP contribution in [0, 0.1) is 17.2 Å². The summed E-state index contributed by atoms with van der Waals surface area (Å²) in [4.78, 5) is 23.3. The van der Waals surface area contributed by atoms with Crippen LogP contribution >= 0.6 is 0 Å². The molecule has 0 aliphatic carbocycles. The first-order valence-corrected chi connectivity index (χ1v) is 6.84. The molecule has 1 unspecified atom stereocenters. The maximum absolute atomic E-state index is 12.0. The number of nitriles is 1. The van der Waals surface area contributed by atoms with Crippen molar-refractivity contribution in [1.29, 1.82) is 5.26 Å². The van der Waals surface area contributed by atoms with E-state index in [-0.39, 0.29) is 6.42 Å². The lowest BCUT2D eigenvalue weighted by molar-refractivity contribution is -0.167. The fourth-order valence-electron chi connectivity index (χ4n) is 1.93. The lowest BCUT2D eigenvalue weighted by Gasteiger charge is -2.25. The number of carboxylic acids is 1. The Kier molecular flexibility index (Phi) is 5.66. The zero-order valence-corrected chi connectivity index (χ0v) is 12.9. The lowest BCUT2D eigenvalue weighted by Crippen LogP contribution is -2.45. The summed E-state index contributed by atoms with van der Waals surface area (Å²) >= 11 is 0. The number of ether oxygens (including phenoxy) is 1. The van der Waals surface area contributed by atoms with Gasteiger partial charge in [0.1, 0.15) is 5.60 Å². The van der Waals surface area contributed by atoms with Crippen molar-refractivity contribution < 1.29 is 19.4 Å². The molecule has 0 aromatic heterocycles. The molecule has 0 heterocycles. The Morgan fingerprint density at radius 2 is 1.86 bits per heavy atom. The molecule has 2 atom stereocenters. The van der Waals surface area contributed by atoms with E-state index >= 15 is 0 Å². The second-order valence-electron chi connectivity index (χ2n) is 6.03. The van der Waals surface area contributed by atoms with Gasteiger partial charge < -0.3 is 15.6 Å². The summed E-state index contributed by atoms with van der Waals surface area (Å²) in [5.41, 5.74) is 6.37. The van der Waals surface area contributed by atoms with Crippen LogP contribution in [-0.2, 0) is 20.7 Å². The molecule has 1 aromatic rings. The summed E-state index contributed by atoms with van der Waals surface area (Å²) in [6.07, 6.45) is 0.196. The number of esters is 1. The molecule has 0 fully saturated rings. The molecule has 0 spiro atoms. The summed E-state index contributed by atoms with van der Waals surface area (Å²) in [5, 5.41) is 18.0. The Labute approximate surface area is 129 Å². The van der Waals surface area contributed by atoms with Gasteiger partial charge in [0.25, 0.3) is 0 Å². The number of nitrogens with zero attached hydrogens (tertiary/aromatic N) is 1. The van der Waals surface area contributed by atoms with Gasteiger partial charge in [0, 0.05) is 6.04 Å². The molecule has 22 heavy (non-hydrogen) atoms. The molecule has 0 saturated heterocycles. The van der Waals surface area contributed by atoms with E-state index in [0.717, 1.165) is 5.56 Å². The number of hydrogen-bond donors (Lipinski definition) is 2. The first-order chi connectivity index (χ1) is 10.1. The van der Waals surface area contributed by atoms with Crippen LogP contribution in [0.5, 0.6) is 0 Å². The van der Waals surface area contributed by atoms with Crippen molar-refractivity contribution in [2.45, 2.75) is 38.8 Å². The van der Waals surface area contributed by atoms with E-state index in [0.29, 0.717) is 5.56 Å².